The van der Waals surface area contributed by atoms with E-state index in [4.69, 9.17) is 26.2 Å². The van der Waals surface area contributed by atoms with Crippen LogP contribution in [0, 0.1) is 6.92 Å². The van der Waals surface area contributed by atoms with Gasteiger partial charge in [0.25, 0.3) is 10.0 Å². The number of methoxy groups -OCH3 is 1. The molecule has 0 radical (unpaired) electrons. The van der Waals surface area contributed by atoms with Gasteiger partial charge in [0.2, 0.25) is 0 Å². The molecule has 1 heterocycles. The summed E-state index contributed by atoms with van der Waals surface area (Å²) in [5.74, 6) is -0.0519. The van der Waals surface area contributed by atoms with Gasteiger partial charge in [0.05, 0.1) is 29.3 Å². The summed E-state index contributed by atoms with van der Waals surface area (Å²) in [6, 6.07) is 17.2. The van der Waals surface area contributed by atoms with Crippen LogP contribution < -0.4 is 13.8 Å². The summed E-state index contributed by atoms with van der Waals surface area (Å²) in [6.07, 6.45) is -0.625. The summed E-state index contributed by atoms with van der Waals surface area (Å²) in [7, 11) is -2.39. The van der Waals surface area contributed by atoms with Crippen LogP contribution in [0.4, 0.5) is 5.69 Å². The Morgan fingerprint density at radius 2 is 1.94 bits per heavy atom. The number of rotatable bonds is 7. The Morgan fingerprint density at radius 3 is 2.65 bits per heavy atom. The van der Waals surface area contributed by atoms with Crippen molar-refractivity contribution in [2.45, 2.75) is 30.8 Å². The molecule has 0 spiro atoms. The number of anilines is 1. The van der Waals surface area contributed by atoms with Gasteiger partial charge in [-0.1, -0.05) is 35.9 Å². The molecule has 3 aromatic rings. The molecular formula is C25H24ClNO6S. The summed E-state index contributed by atoms with van der Waals surface area (Å²) in [6.45, 7) is 1.80. The van der Waals surface area contributed by atoms with Crippen LogP contribution in [0.25, 0.3) is 11.1 Å². The fraction of sp³-hybridized carbons (Fsp3) is 0.240. The third kappa shape index (κ3) is 4.83. The lowest BCUT2D eigenvalue weighted by molar-refractivity contribution is -0.137. The average Bonchev–Trinajstić information content (AvgIpc) is 2.81. The Kier molecular flexibility index (Phi) is 6.72. The maximum atomic E-state index is 13.7. The van der Waals surface area contributed by atoms with Crippen molar-refractivity contribution in [1.82, 2.24) is 0 Å². The highest BCUT2D eigenvalue weighted by atomic mass is 35.5. The average molecular weight is 502 g/mol. The summed E-state index contributed by atoms with van der Waals surface area (Å²) in [5.41, 5.74) is 2.53. The number of benzene rings is 3. The third-order valence-corrected chi connectivity index (χ3v) is 7.71. The van der Waals surface area contributed by atoms with E-state index in [0.717, 1.165) is 11.1 Å². The van der Waals surface area contributed by atoms with E-state index in [1.54, 1.807) is 43.5 Å². The summed E-state index contributed by atoms with van der Waals surface area (Å²) in [5, 5.41) is 9.48. The second-order valence-corrected chi connectivity index (χ2v) is 10.3. The molecule has 0 aliphatic carbocycles. The zero-order valence-corrected chi connectivity index (χ0v) is 20.3. The van der Waals surface area contributed by atoms with Crippen molar-refractivity contribution in [2.24, 2.45) is 0 Å². The minimum absolute atomic E-state index is 0.0181. The number of carbonyl (C=O) groups is 1. The molecule has 0 amide bonds. The van der Waals surface area contributed by atoms with Gasteiger partial charge in [-0.15, -0.1) is 0 Å². The number of carboxylic acids is 1. The number of nitrogens with zero attached hydrogens (tertiary/aromatic N) is 1. The minimum atomic E-state index is -3.96. The topological polar surface area (TPSA) is 93.1 Å². The highest BCUT2D eigenvalue weighted by molar-refractivity contribution is 7.92. The molecule has 0 fully saturated rings. The first-order valence-electron chi connectivity index (χ1n) is 10.6. The molecule has 1 aliphatic rings. The molecule has 0 aromatic heterocycles. The molecule has 1 atom stereocenters. The first kappa shape index (κ1) is 23.9. The molecule has 0 bridgehead atoms. The quantitative estimate of drug-likeness (QED) is 0.481. The number of aliphatic carboxylic acids is 1. The first-order valence-corrected chi connectivity index (χ1v) is 12.5. The van der Waals surface area contributed by atoms with Crippen LogP contribution in [0.2, 0.25) is 5.02 Å². The van der Waals surface area contributed by atoms with Crippen LogP contribution in [-0.4, -0.2) is 39.3 Å². The van der Waals surface area contributed by atoms with E-state index < -0.39 is 22.1 Å². The second-order valence-electron chi connectivity index (χ2n) is 8.06. The third-order valence-electron chi connectivity index (χ3n) is 5.62. The van der Waals surface area contributed by atoms with Crippen LogP contribution in [-0.2, 0) is 14.8 Å². The van der Waals surface area contributed by atoms with Gasteiger partial charge in [-0.2, -0.15) is 0 Å². The van der Waals surface area contributed by atoms with Gasteiger partial charge in [0, 0.05) is 18.1 Å². The second kappa shape index (κ2) is 9.56. The highest BCUT2D eigenvalue weighted by Crippen LogP contribution is 2.44. The Labute approximate surface area is 203 Å². The number of halogens is 1. The Balaban J connectivity index is 1.84. The number of fused-ring (bicyclic) bond motifs is 1. The van der Waals surface area contributed by atoms with Crippen LogP contribution in [0.3, 0.4) is 0 Å². The van der Waals surface area contributed by atoms with E-state index in [0.29, 0.717) is 22.0 Å². The van der Waals surface area contributed by atoms with Gasteiger partial charge < -0.3 is 14.6 Å². The Hall–Kier alpha value is -3.23. The van der Waals surface area contributed by atoms with Gasteiger partial charge in [-0.3, -0.25) is 9.10 Å². The van der Waals surface area contributed by atoms with Crippen molar-refractivity contribution in [3.05, 3.63) is 71.2 Å². The number of carboxylic acid groups (broad SMARTS) is 1. The molecule has 0 unspecified atom stereocenters. The number of ether oxygens (including phenoxy) is 2. The van der Waals surface area contributed by atoms with Crippen molar-refractivity contribution in [1.29, 1.82) is 0 Å². The van der Waals surface area contributed by atoms with E-state index in [2.05, 4.69) is 0 Å². The molecule has 0 saturated heterocycles. The molecule has 3 aromatic carbocycles. The minimum Gasteiger partial charge on any atom is -0.497 e. The first-order chi connectivity index (χ1) is 16.2. The zero-order chi connectivity index (χ0) is 24.5. The molecule has 7 nitrogen and oxygen atoms in total. The molecule has 178 valence electrons. The molecule has 34 heavy (non-hydrogen) atoms. The fourth-order valence-corrected chi connectivity index (χ4v) is 5.78. The SMILES string of the molecule is COc1cccc(-c2cc3c(cc2Cl)O[C@@H](CCC(=O)O)CN3S(=O)(=O)c2cccc(C)c2)c1. The summed E-state index contributed by atoms with van der Waals surface area (Å²) >= 11 is 6.58. The lowest BCUT2D eigenvalue weighted by Crippen LogP contribution is -2.43. The molecule has 9 heteroatoms. The Morgan fingerprint density at radius 1 is 1.18 bits per heavy atom. The van der Waals surface area contributed by atoms with Crippen molar-refractivity contribution in [3.63, 3.8) is 0 Å². The van der Waals surface area contributed by atoms with Crippen molar-refractivity contribution >= 4 is 33.3 Å². The van der Waals surface area contributed by atoms with Crippen LogP contribution in [0.5, 0.6) is 11.5 Å². The van der Waals surface area contributed by atoms with Crippen molar-refractivity contribution < 1.29 is 27.8 Å². The van der Waals surface area contributed by atoms with Crippen molar-refractivity contribution in [2.75, 3.05) is 18.0 Å². The van der Waals surface area contributed by atoms with E-state index in [-0.39, 0.29) is 30.0 Å². The largest absolute Gasteiger partial charge is 0.497 e. The number of hydrogen-bond donors (Lipinski definition) is 1. The van der Waals surface area contributed by atoms with Gasteiger partial charge in [-0.25, -0.2) is 8.42 Å². The van der Waals surface area contributed by atoms with E-state index in [1.165, 1.54) is 4.31 Å². The molecule has 1 N–H and O–H groups in total. The van der Waals surface area contributed by atoms with Gasteiger partial charge in [0.15, 0.2) is 0 Å². The number of hydrogen-bond acceptors (Lipinski definition) is 5. The van der Waals surface area contributed by atoms with Crippen LogP contribution in [0.1, 0.15) is 18.4 Å². The zero-order valence-electron chi connectivity index (χ0n) is 18.7. The molecular weight excluding hydrogens is 478 g/mol. The number of sulfonamides is 1. The monoisotopic (exact) mass is 501 g/mol. The summed E-state index contributed by atoms with van der Waals surface area (Å²) < 4.78 is 40.0. The normalized spacial score (nSPS) is 15.4. The van der Waals surface area contributed by atoms with Crippen molar-refractivity contribution in [3.8, 4) is 22.6 Å². The number of aryl methyl sites for hydroxylation is 1. The van der Waals surface area contributed by atoms with Gasteiger partial charge >= 0.3 is 5.97 Å². The predicted octanol–water partition coefficient (Wildman–Crippen LogP) is 5.15. The van der Waals surface area contributed by atoms with E-state index in [1.807, 2.05) is 31.2 Å². The standard InChI is InChI=1S/C25H24ClNO6S/c1-16-5-3-8-20(11-16)34(30,31)27-15-19(9-10-25(28)29)33-24-14-22(26)21(13-23(24)27)17-6-4-7-18(12-17)32-2/h3-8,11-14,19H,9-10,15H2,1-2H3,(H,28,29)/t19-/m0/s1. The maximum Gasteiger partial charge on any atom is 0.303 e. The van der Waals surface area contributed by atoms with Crippen LogP contribution >= 0.6 is 11.6 Å². The lowest BCUT2D eigenvalue weighted by atomic mass is 10.0. The Bertz CT molecular complexity index is 1340. The molecule has 4 rings (SSSR count). The van der Waals surface area contributed by atoms with E-state index >= 15 is 0 Å². The lowest BCUT2D eigenvalue weighted by Gasteiger charge is -2.36. The van der Waals surface area contributed by atoms with Gasteiger partial charge in [-0.05, 0) is 54.8 Å². The van der Waals surface area contributed by atoms with Crippen LogP contribution in [0.15, 0.2) is 65.6 Å². The molecule has 1 aliphatic heterocycles. The highest BCUT2D eigenvalue weighted by Gasteiger charge is 2.35. The fourth-order valence-electron chi connectivity index (χ4n) is 3.91. The van der Waals surface area contributed by atoms with E-state index in [9.17, 15) is 13.2 Å². The predicted molar refractivity (Wildman–Crippen MR) is 130 cm³/mol. The summed E-state index contributed by atoms with van der Waals surface area (Å²) in [4.78, 5) is 11.3. The smallest absolute Gasteiger partial charge is 0.303 e. The molecule has 0 saturated carbocycles. The maximum absolute atomic E-state index is 13.7. The van der Waals surface area contributed by atoms with Gasteiger partial charge in [0.1, 0.15) is 17.6 Å².